The number of carbonyl (C=O) groups is 2. The quantitative estimate of drug-likeness (QED) is 0.565. The van der Waals surface area contributed by atoms with E-state index in [-0.39, 0.29) is 29.3 Å². The van der Waals surface area contributed by atoms with E-state index in [1.807, 2.05) is 0 Å². The largest absolute Gasteiger partial charge is 0.507 e. The van der Waals surface area contributed by atoms with Crippen LogP contribution in [0.1, 0.15) is 16.6 Å². The number of aromatic nitrogens is 1. The molecule has 2 atom stereocenters. The summed E-state index contributed by atoms with van der Waals surface area (Å²) < 4.78 is 29.6. The molecule has 0 spiro atoms. The summed E-state index contributed by atoms with van der Waals surface area (Å²) >= 11 is 7.59. The zero-order chi connectivity index (χ0) is 24.2. The van der Waals surface area contributed by atoms with Crippen LogP contribution in [-0.4, -0.2) is 72.6 Å². The van der Waals surface area contributed by atoms with Crippen molar-refractivity contribution in [2.45, 2.75) is 12.3 Å². The zero-order valence-corrected chi connectivity index (χ0v) is 19.4. The number of hydrogen-bond acceptors (Lipinski definition) is 10. The summed E-state index contributed by atoms with van der Waals surface area (Å²) in [7, 11) is 1.22. The van der Waals surface area contributed by atoms with Gasteiger partial charge in [0.1, 0.15) is 11.9 Å². The standard InChI is InChI=1S/C21H20ClFN4O6S/c1-31-20(28)15-13(9-27-6-7-32-10-14(27)33-21(29)30)25-18(19-24-5-8-34-19)26-17(15)11-3-2-4-12(23)16(11)22/h2-5,8,14,17H,6-7,9-10H2,1H3,(H,25,26)(H,29,30)/t14-,17-/m0/s1. The molecule has 0 aliphatic carbocycles. The topological polar surface area (TPSA) is 123 Å². The number of nitrogens with one attached hydrogen (secondary N) is 1. The smallest absolute Gasteiger partial charge is 0.466 e. The van der Waals surface area contributed by atoms with Gasteiger partial charge in [-0.15, -0.1) is 11.3 Å². The fraction of sp³-hybridized carbons (Fsp3) is 0.333. The molecule has 180 valence electrons. The number of benzene rings is 1. The van der Waals surface area contributed by atoms with Gasteiger partial charge in [-0.3, -0.25) is 9.89 Å². The fourth-order valence-electron chi connectivity index (χ4n) is 3.70. The van der Waals surface area contributed by atoms with Gasteiger partial charge in [-0.05, 0) is 6.07 Å². The SMILES string of the molecule is COC(=O)C1=C(CN2CCOC[C@@H]2OC(=O)O)NC(c2nccs2)=N[C@H]1c1cccc(F)c1Cl. The number of thiazole rings is 1. The molecule has 1 fully saturated rings. The number of carboxylic acid groups (broad SMARTS) is 1. The van der Waals surface area contributed by atoms with Crippen molar-refractivity contribution in [3.63, 3.8) is 0 Å². The fourth-order valence-corrected chi connectivity index (χ4v) is 4.52. The Kier molecular flexibility index (Phi) is 7.41. The van der Waals surface area contributed by atoms with Crippen molar-refractivity contribution >= 4 is 40.9 Å². The van der Waals surface area contributed by atoms with Crippen LogP contribution in [0, 0.1) is 5.82 Å². The van der Waals surface area contributed by atoms with E-state index in [1.165, 1.54) is 30.6 Å². The van der Waals surface area contributed by atoms with Crippen LogP contribution in [0.25, 0.3) is 0 Å². The van der Waals surface area contributed by atoms with Crippen LogP contribution in [0.15, 0.2) is 46.0 Å². The number of methoxy groups -OCH3 is 1. The van der Waals surface area contributed by atoms with Crippen molar-refractivity contribution in [3.05, 3.63) is 62.5 Å². The molecule has 0 bridgehead atoms. The highest BCUT2D eigenvalue weighted by molar-refractivity contribution is 7.11. The summed E-state index contributed by atoms with van der Waals surface area (Å²) in [4.78, 5) is 34.7. The summed E-state index contributed by atoms with van der Waals surface area (Å²) in [5.74, 6) is -0.997. The van der Waals surface area contributed by atoms with Crippen molar-refractivity contribution < 1.29 is 33.3 Å². The Bertz CT molecular complexity index is 1140. The molecule has 2 aromatic rings. The van der Waals surface area contributed by atoms with Crippen molar-refractivity contribution in [1.29, 1.82) is 0 Å². The van der Waals surface area contributed by atoms with Gasteiger partial charge in [0.15, 0.2) is 17.1 Å². The first-order chi connectivity index (χ1) is 16.4. The highest BCUT2D eigenvalue weighted by Crippen LogP contribution is 2.37. The average molecular weight is 511 g/mol. The van der Waals surface area contributed by atoms with Gasteiger partial charge in [-0.2, -0.15) is 0 Å². The zero-order valence-electron chi connectivity index (χ0n) is 17.9. The number of halogens is 2. The number of carbonyl (C=O) groups excluding carboxylic acids is 1. The van der Waals surface area contributed by atoms with Gasteiger partial charge in [-0.25, -0.2) is 19.0 Å². The van der Waals surface area contributed by atoms with Crippen LogP contribution >= 0.6 is 22.9 Å². The average Bonchev–Trinajstić information content (AvgIpc) is 3.36. The Morgan fingerprint density at radius 1 is 1.44 bits per heavy atom. The van der Waals surface area contributed by atoms with E-state index in [1.54, 1.807) is 22.5 Å². The third-order valence-electron chi connectivity index (χ3n) is 5.23. The predicted molar refractivity (Wildman–Crippen MR) is 120 cm³/mol. The van der Waals surface area contributed by atoms with E-state index in [9.17, 15) is 14.0 Å². The number of morpholine rings is 1. The summed E-state index contributed by atoms with van der Waals surface area (Å²) in [5, 5.41) is 14.4. The van der Waals surface area contributed by atoms with Gasteiger partial charge in [0.2, 0.25) is 0 Å². The molecule has 0 amide bonds. The van der Waals surface area contributed by atoms with E-state index < -0.39 is 30.2 Å². The van der Waals surface area contributed by atoms with Crippen molar-refractivity contribution in [2.75, 3.05) is 33.4 Å². The molecule has 0 radical (unpaired) electrons. The molecule has 1 saturated heterocycles. The number of ether oxygens (including phenoxy) is 3. The summed E-state index contributed by atoms with van der Waals surface area (Å²) in [5.41, 5.74) is 0.754. The number of rotatable bonds is 6. The first-order valence-electron chi connectivity index (χ1n) is 10.1. The van der Waals surface area contributed by atoms with Gasteiger partial charge in [-0.1, -0.05) is 23.7 Å². The monoisotopic (exact) mass is 510 g/mol. The minimum absolute atomic E-state index is 0.0275. The van der Waals surface area contributed by atoms with E-state index in [4.69, 9.17) is 30.9 Å². The molecule has 1 aromatic heterocycles. The minimum atomic E-state index is -1.45. The van der Waals surface area contributed by atoms with Crippen LogP contribution in [-0.2, 0) is 19.0 Å². The lowest BCUT2D eigenvalue weighted by Crippen LogP contribution is -2.50. The summed E-state index contributed by atoms with van der Waals surface area (Å²) in [6.45, 7) is 0.777. The van der Waals surface area contributed by atoms with Crippen molar-refractivity contribution in [2.24, 2.45) is 4.99 Å². The van der Waals surface area contributed by atoms with Gasteiger partial charge < -0.3 is 24.6 Å². The van der Waals surface area contributed by atoms with Crippen LogP contribution in [0.4, 0.5) is 9.18 Å². The third kappa shape index (κ3) is 5.04. The lowest BCUT2D eigenvalue weighted by Gasteiger charge is -2.36. The lowest BCUT2D eigenvalue weighted by molar-refractivity contribution is -0.136. The Morgan fingerprint density at radius 3 is 2.97 bits per heavy atom. The molecule has 34 heavy (non-hydrogen) atoms. The molecule has 0 unspecified atom stereocenters. The molecule has 13 heteroatoms. The van der Waals surface area contributed by atoms with Crippen molar-refractivity contribution in [1.82, 2.24) is 15.2 Å². The first kappa shape index (κ1) is 24.1. The highest BCUT2D eigenvalue weighted by atomic mass is 35.5. The van der Waals surface area contributed by atoms with E-state index >= 15 is 0 Å². The van der Waals surface area contributed by atoms with Gasteiger partial charge in [0, 0.05) is 35.9 Å². The maximum Gasteiger partial charge on any atom is 0.507 e. The maximum absolute atomic E-state index is 14.3. The van der Waals surface area contributed by atoms with E-state index in [0.29, 0.717) is 29.7 Å². The van der Waals surface area contributed by atoms with Gasteiger partial charge >= 0.3 is 12.1 Å². The highest BCUT2D eigenvalue weighted by Gasteiger charge is 2.36. The first-order valence-corrected chi connectivity index (χ1v) is 11.4. The Labute approximate surface area is 202 Å². The second-order valence-corrected chi connectivity index (χ2v) is 8.53. The van der Waals surface area contributed by atoms with E-state index in [2.05, 4.69) is 15.3 Å². The Balaban J connectivity index is 1.81. The second kappa shape index (κ2) is 10.5. The normalized spacial score (nSPS) is 21.0. The molecule has 10 nitrogen and oxygen atoms in total. The Morgan fingerprint density at radius 2 is 2.26 bits per heavy atom. The number of aliphatic imine (C=N–C) groups is 1. The summed E-state index contributed by atoms with van der Waals surface area (Å²) in [6, 6.07) is 3.27. The molecule has 1 aromatic carbocycles. The van der Waals surface area contributed by atoms with Crippen LogP contribution < -0.4 is 5.32 Å². The number of esters is 1. The van der Waals surface area contributed by atoms with E-state index in [0.717, 1.165) is 0 Å². The Hall–Kier alpha value is -3.06. The van der Waals surface area contributed by atoms with Gasteiger partial charge in [0.05, 0.1) is 30.9 Å². The third-order valence-corrected chi connectivity index (χ3v) is 6.41. The molecule has 3 heterocycles. The lowest BCUT2D eigenvalue weighted by atomic mass is 9.95. The van der Waals surface area contributed by atoms with Crippen LogP contribution in [0.5, 0.6) is 0 Å². The molecule has 0 saturated carbocycles. The maximum atomic E-state index is 14.3. The van der Waals surface area contributed by atoms with Crippen LogP contribution in [0.2, 0.25) is 5.02 Å². The molecule has 2 aliphatic rings. The second-order valence-electron chi connectivity index (χ2n) is 7.25. The predicted octanol–water partition coefficient (Wildman–Crippen LogP) is 2.81. The molecule has 2 aliphatic heterocycles. The van der Waals surface area contributed by atoms with Crippen molar-refractivity contribution in [3.8, 4) is 0 Å². The summed E-state index contributed by atoms with van der Waals surface area (Å²) in [6.07, 6.45) is -0.738. The number of nitrogens with zero attached hydrogens (tertiary/aromatic N) is 3. The minimum Gasteiger partial charge on any atom is -0.466 e. The molecule has 2 N–H and O–H groups in total. The van der Waals surface area contributed by atoms with Gasteiger partial charge in [0.25, 0.3) is 0 Å². The number of hydrogen-bond donors (Lipinski definition) is 2. The number of amidine groups is 1. The van der Waals surface area contributed by atoms with Crippen LogP contribution in [0.3, 0.4) is 0 Å². The molecular weight excluding hydrogens is 491 g/mol. The molecular formula is C21H20ClFN4O6S. The molecule has 4 rings (SSSR count).